The van der Waals surface area contributed by atoms with Crippen LogP contribution in [0, 0.1) is 0 Å². The molecule has 9 heteroatoms. The van der Waals surface area contributed by atoms with Gasteiger partial charge in [0.1, 0.15) is 12.1 Å². The Morgan fingerprint density at radius 1 is 1.17 bits per heavy atom. The Morgan fingerprint density at radius 3 is 2.60 bits per heavy atom. The second-order valence-corrected chi connectivity index (χ2v) is 9.16. The summed E-state index contributed by atoms with van der Waals surface area (Å²) in [5.41, 5.74) is -0.646. The molecule has 2 aliphatic heterocycles. The van der Waals surface area contributed by atoms with Crippen LogP contribution in [0.15, 0.2) is 41.8 Å². The maximum absolute atomic E-state index is 13.0. The zero-order valence-corrected chi connectivity index (χ0v) is 18.2. The fourth-order valence-electron chi connectivity index (χ4n) is 3.85. The van der Waals surface area contributed by atoms with E-state index in [2.05, 4.69) is 21.7 Å². The summed E-state index contributed by atoms with van der Waals surface area (Å²) in [5, 5.41) is 5.25. The molecule has 1 aromatic carbocycles. The SMILES string of the molecule is CC1(c2cccc(Cl)c2)NC(=O)N(CC(=O)N2CCN(Cc3cccs3)CC2)C1=O. The van der Waals surface area contributed by atoms with Crippen LogP contribution >= 0.6 is 22.9 Å². The van der Waals surface area contributed by atoms with Crippen molar-refractivity contribution in [2.24, 2.45) is 0 Å². The lowest BCUT2D eigenvalue weighted by molar-refractivity contribution is -0.139. The minimum Gasteiger partial charge on any atom is -0.339 e. The van der Waals surface area contributed by atoms with Crippen molar-refractivity contribution in [3.63, 3.8) is 0 Å². The Labute approximate surface area is 184 Å². The Hall–Kier alpha value is -2.42. The summed E-state index contributed by atoms with van der Waals surface area (Å²) in [6.45, 7) is 4.95. The molecule has 0 radical (unpaired) electrons. The Balaban J connectivity index is 1.36. The molecule has 1 aromatic heterocycles. The van der Waals surface area contributed by atoms with Crippen molar-refractivity contribution in [2.45, 2.75) is 19.0 Å². The highest BCUT2D eigenvalue weighted by atomic mass is 35.5. The topological polar surface area (TPSA) is 73.0 Å². The van der Waals surface area contributed by atoms with Gasteiger partial charge in [0.15, 0.2) is 0 Å². The number of rotatable bonds is 5. The third-order valence-electron chi connectivity index (χ3n) is 5.65. The van der Waals surface area contributed by atoms with Crippen LogP contribution in [-0.4, -0.2) is 65.3 Å². The van der Waals surface area contributed by atoms with Gasteiger partial charge >= 0.3 is 6.03 Å². The summed E-state index contributed by atoms with van der Waals surface area (Å²) in [7, 11) is 0. The van der Waals surface area contributed by atoms with Crippen LogP contribution in [0.3, 0.4) is 0 Å². The van der Waals surface area contributed by atoms with Crippen LogP contribution in [0.1, 0.15) is 17.4 Å². The van der Waals surface area contributed by atoms with Crippen molar-refractivity contribution in [1.82, 2.24) is 20.0 Å². The highest BCUT2D eigenvalue weighted by Gasteiger charge is 2.49. The molecule has 1 N–H and O–H groups in total. The maximum atomic E-state index is 13.0. The molecular weight excluding hydrogens is 424 g/mol. The van der Waals surface area contributed by atoms with Gasteiger partial charge in [-0.1, -0.05) is 29.8 Å². The van der Waals surface area contributed by atoms with E-state index in [1.54, 1.807) is 47.4 Å². The Morgan fingerprint density at radius 2 is 1.93 bits per heavy atom. The molecule has 0 spiro atoms. The molecule has 0 bridgehead atoms. The lowest BCUT2D eigenvalue weighted by Gasteiger charge is -2.35. The number of urea groups is 1. The minimum absolute atomic E-state index is 0.218. The van der Waals surface area contributed by atoms with Gasteiger partial charge in [-0.2, -0.15) is 0 Å². The van der Waals surface area contributed by atoms with E-state index in [1.807, 2.05) is 6.07 Å². The first-order valence-corrected chi connectivity index (χ1v) is 11.1. The van der Waals surface area contributed by atoms with Gasteiger partial charge in [0.25, 0.3) is 5.91 Å². The van der Waals surface area contributed by atoms with Gasteiger partial charge in [0.2, 0.25) is 5.91 Å². The number of benzene rings is 1. The maximum Gasteiger partial charge on any atom is 0.325 e. The van der Waals surface area contributed by atoms with Crippen molar-refractivity contribution in [2.75, 3.05) is 32.7 Å². The van der Waals surface area contributed by atoms with E-state index in [-0.39, 0.29) is 12.5 Å². The van der Waals surface area contributed by atoms with E-state index < -0.39 is 17.5 Å². The molecule has 4 rings (SSSR count). The van der Waals surface area contributed by atoms with Crippen LogP contribution in [0.2, 0.25) is 5.02 Å². The van der Waals surface area contributed by atoms with Crippen LogP contribution in [0.25, 0.3) is 0 Å². The molecule has 4 amide bonds. The van der Waals surface area contributed by atoms with Crippen molar-refractivity contribution < 1.29 is 14.4 Å². The van der Waals surface area contributed by atoms with Gasteiger partial charge in [-0.3, -0.25) is 19.4 Å². The lowest BCUT2D eigenvalue weighted by Crippen LogP contribution is -2.51. The molecule has 2 saturated heterocycles. The number of halogens is 1. The number of nitrogens with one attached hydrogen (secondary N) is 1. The number of thiophene rings is 1. The summed E-state index contributed by atoms with van der Waals surface area (Å²) in [5.74, 6) is -0.663. The van der Waals surface area contributed by atoms with Crippen LogP contribution in [0.5, 0.6) is 0 Å². The Bertz CT molecular complexity index is 959. The molecule has 158 valence electrons. The number of hydrogen-bond donors (Lipinski definition) is 1. The first-order valence-electron chi connectivity index (χ1n) is 9.79. The molecule has 1 atom stereocenters. The summed E-state index contributed by atoms with van der Waals surface area (Å²) in [4.78, 5) is 44.6. The number of imide groups is 1. The molecule has 2 fully saturated rings. The first-order chi connectivity index (χ1) is 14.4. The van der Waals surface area contributed by atoms with E-state index in [9.17, 15) is 14.4 Å². The van der Waals surface area contributed by atoms with Gasteiger partial charge in [0.05, 0.1) is 0 Å². The number of piperazine rings is 1. The zero-order valence-electron chi connectivity index (χ0n) is 16.6. The van der Waals surface area contributed by atoms with E-state index in [1.165, 1.54) is 4.88 Å². The Kier molecular flexibility index (Phi) is 5.81. The average Bonchev–Trinajstić information content (AvgIpc) is 3.31. The van der Waals surface area contributed by atoms with Gasteiger partial charge in [0, 0.05) is 42.6 Å². The third-order valence-corrected chi connectivity index (χ3v) is 6.75. The van der Waals surface area contributed by atoms with E-state index in [4.69, 9.17) is 11.6 Å². The van der Waals surface area contributed by atoms with Crippen molar-refractivity contribution in [3.8, 4) is 0 Å². The number of hydrogen-bond acceptors (Lipinski definition) is 5. The van der Waals surface area contributed by atoms with E-state index in [0.717, 1.165) is 24.5 Å². The third kappa shape index (κ3) is 4.08. The average molecular weight is 447 g/mol. The predicted molar refractivity (Wildman–Crippen MR) is 115 cm³/mol. The fourth-order valence-corrected chi connectivity index (χ4v) is 4.79. The second kappa shape index (κ2) is 8.37. The molecule has 3 heterocycles. The molecule has 0 saturated carbocycles. The summed E-state index contributed by atoms with van der Waals surface area (Å²) in [6, 6.07) is 10.4. The van der Waals surface area contributed by atoms with Gasteiger partial charge < -0.3 is 10.2 Å². The van der Waals surface area contributed by atoms with Crippen LogP contribution in [0.4, 0.5) is 4.79 Å². The van der Waals surface area contributed by atoms with Crippen molar-refractivity contribution in [1.29, 1.82) is 0 Å². The van der Waals surface area contributed by atoms with Crippen LogP contribution in [-0.2, 0) is 21.7 Å². The number of carbonyl (C=O) groups is 3. The monoisotopic (exact) mass is 446 g/mol. The number of carbonyl (C=O) groups excluding carboxylic acids is 3. The molecule has 7 nitrogen and oxygen atoms in total. The molecule has 1 unspecified atom stereocenters. The van der Waals surface area contributed by atoms with Gasteiger partial charge in [-0.25, -0.2) is 4.79 Å². The summed E-state index contributed by atoms with van der Waals surface area (Å²) < 4.78 is 0. The highest BCUT2D eigenvalue weighted by molar-refractivity contribution is 7.09. The van der Waals surface area contributed by atoms with E-state index in [0.29, 0.717) is 23.7 Å². The molecule has 30 heavy (non-hydrogen) atoms. The zero-order chi connectivity index (χ0) is 21.3. The van der Waals surface area contributed by atoms with Crippen molar-refractivity contribution >= 4 is 40.8 Å². The molecule has 2 aromatic rings. The summed E-state index contributed by atoms with van der Waals surface area (Å²) >= 11 is 7.77. The second-order valence-electron chi connectivity index (χ2n) is 7.69. The lowest BCUT2D eigenvalue weighted by atomic mass is 9.92. The normalized spacial score (nSPS) is 22.5. The minimum atomic E-state index is -1.23. The largest absolute Gasteiger partial charge is 0.339 e. The highest BCUT2D eigenvalue weighted by Crippen LogP contribution is 2.30. The van der Waals surface area contributed by atoms with Crippen molar-refractivity contribution in [3.05, 3.63) is 57.2 Å². The molecule has 2 aliphatic rings. The standard InChI is InChI=1S/C21H23ClN4O3S/c1-21(15-4-2-5-16(22)12-15)19(28)26(20(29)23-21)14-18(27)25-9-7-24(8-10-25)13-17-6-3-11-30-17/h2-6,11-12H,7-10,13-14H2,1H3,(H,23,29). The van der Waals surface area contributed by atoms with Gasteiger partial charge in [-0.15, -0.1) is 11.3 Å². The number of nitrogens with zero attached hydrogens (tertiary/aromatic N) is 3. The van der Waals surface area contributed by atoms with Crippen LogP contribution < -0.4 is 5.32 Å². The van der Waals surface area contributed by atoms with Gasteiger partial charge in [-0.05, 0) is 36.1 Å². The quantitative estimate of drug-likeness (QED) is 0.716. The first kappa shape index (κ1) is 20.8. The molecular formula is C21H23ClN4O3S. The van der Waals surface area contributed by atoms with E-state index >= 15 is 0 Å². The predicted octanol–water partition coefficient (Wildman–Crippen LogP) is 2.51. The molecule has 0 aliphatic carbocycles. The fraction of sp³-hybridized carbons (Fsp3) is 0.381. The summed E-state index contributed by atoms with van der Waals surface area (Å²) in [6.07, 6.45) is 0. The number of amides is 4. The smallest absolute Gasteiger partial charge is 0.325 e.